The maximum absolute atomic E-state index is 11.7. The second-order valence-corrected chi connectivity index (χ2v) is 5.32. The van der Waals surface area contributed by atoms with Crippen molar-refractivity contribution in [1.29, 1.82) is 5.26 Å². The van der Waals surface area contributed by atoms with Crippen LogP contribution < -0.4 is 0 Å². The molecule has 0 N–H and O–H groups in total. The fourth-order valence-electron chi connectivity index (χ4n) is 1.97. The molecule has 0 aliphatic heterocycles. The Bertz CT molecular complexity index is 443. The summed E-state index contributed by atoms with van der Waals surface area (Å²) in [4.78, 5) is 13.4. The maximum atomic E-state index is 11.7. The van der Waals surface area contributed by atoms with Crippen LogP contribution in [0.15, 0.2) is 24.3 Å². The molecule has 0 bridgehead atoms. The lowest BCUT2D eigenvalue weighted by Crippen LogP contribution is -2.25. The van der Waals surface area contributed by atoms with E-state index < -0.39 is 0 Å². The van der Waals surface area contributed by atoms with Gasteiger partial charge in [-0.05, 0) is 23.5 Å². The highest BCUT2D eigenvalue weighted by Crippen LogP contribution is 2.11. The molecule has 0 atom stereocenters. The fourth-order valence-corrected chi connectivity index (χ4v) is 1.97. The van der Waals surface area contributed by atoms with Crippen molar-refractivity contribution >= 4 is 5.91 Å². The second-order valence-electron chi connectivity index (χ2n) is 5.32. The summed E-state index contributed by atoms with van der Waals surface area (Å²) in [5.41, 5.74) is 2.46. The first kappa shape index (κ1) is 15.2. The molecule has 3 nitrogen and oxygen atoms in total. The van der Waals surface area contributed by atoms with Gasteiger partial charge in [-0.1, -0.05) is 38.1 Å². The SMILES string of the molecule is CC(C)Cc1ccc(CN(C)C(=O)CCC#N)cc1. The summed E-state index contributed by atoms with van der Waals surface area (Å²) < 4.78 is 0. The van der Waals surface area contributed by atoms with Gasteiger partial charge in [-0.3, -0.25) is 4.79 Å². The molecule has 0 spiro atoms. The first-order valence-corrected chi connectivity index (χ1v) is 6.71. The number of hydrogen-bond donors (Lipinski definition) is 0. The van der Waals surface area contributed by atoms with Crippen molar-refractivity contribution < 1.29 is 4.79 Å². The average Bonchev–Trinajstić information content (AvgIpc) is 2.37. The molecule has 102 valence electrons. The molecule has 0 aromatic heterocycles. The molecule has 0 heterocycles. The lowest BCUT2D eigenvalue weighted by Gasteiger charge is -2.17. The topological polar surface area (TPSA) is 44.1 Å². The van der Waals surface area contributed by atoms with Crippen LogP contribution in [-0.4, -0.2) is 17.9 Å². The van der Waals surface area contributed by atoms with E-state index in [-0.39, 0.29) is 12.3 Å². The van der Waals surface area contributed by atoms with E-state index in [1.165, 1.54) is 5.56 Å². The predicted molar refractivity (Wildman–Crippen MR) is 76.3 cm³/mol. The van der Waals surface area contributed by atoms with E-state index in [0.717, 1.165) is 12.0 Å². The van der Waals surface area contributed by atoms with Crippen molar-refractivity contribution in [2.24, 2.45) is 5.92 Å². The molecule has 0 saturated heterocycles. The smallest absolute Gasteiger partial charge is 0.223 e. The summed E-state index contributed by atoms with van der Waals surface area (Å²) in [6.45, 7) is 5.01. The molecule has 0 radical (unpaired) electrons. The number of benzene rings is 1. The minimum absolute atomic E-state index is 0.0211. The molecule has 1 aromatic rings. The summed E-state index contributed by atoms with van der Waals surface area (Å²) in [6, 6.07) is 10.4. The number of rotatable bonds is 6. The molecule has 0 unspecified atom stereocenters. The Labute approximate surface area is 115 Å². The van der Waals surface area contributed by atoms with E-state index in [0.29, 0.717) is 18.9 Å². The third-order valence-corrected chi connectivity index (χ3v) is 2.96. The fraction of sp³-hybridized carbons (Fsp3) is 0.500. The molecule has 3 heteroatoms. The van der Waals surface area contributed by atoms with Crippen molar-refractivity contribution in [3.05, 3.63) is 35.4 Å². The standard InChI is InChI=1S/C16H22N2O/c1-13(2)11-14-6-8-15(9-7-14)12-18(3)16(19)5-4-10-17/h6-9,13H,4-5,11-12H2,1-3H3. The van der Waals surface area contributed by atoms with Gasteiger partial charge in [-0.15, -0.1) is 0 Å². The first-order valence-electron chi connectivity index (χ1n) is 6.71. The highest BCUT2D eigenvalue weighted by atomic mass is 16.2. The Balaban J connectivity index is 2.53. The number of carbonyl (C=O) groups excluding carboxylic acids is 1. The van der Waals surface area contributed by atoms with E-state index in [1.807, 2.05) is 6.07 Å². The normalized spacial score (nSPS) is 10.3. The van der Waals surface area contributed by atoms with E-state index in [4.69, 9.17) is 5.26 Å². The lowest BCUT2D eigenvalue weighted by atomic mass is 10.0. The number of nitrogens with zero attached hydrogens (tertiary/aromatic N) is 2. The Morgan fingerprint density at radius 2 is 1.84 bits per heavy atom. The molecule has 0 saturated carbocycles. The molecule has 1 aromatic carbocycles. The van der Waals surface area contributed by atoms with Gasteiger partial charge in [-0.25, -0.2) is 0 Å². The van der Waals surface area contributed by atoms with Crippen molar-refractivity contribution in [2.75, 3.05) is 7.05 Å². The van der Waals surface area contributed by atoms with Crippen LogP contribution in [0.25, 0.3) is 0 Å². The summed E-state index contributed by atoms with van der Waals surface area (Å²) >= 11 is 0. The minimum atomic E-state index is 0.0211. The molecule has 0 fully saturated rings. The van der Waals surface area contributed by atoms with Gasteiger partial charge in [-0.2, -0.15) is 5.26 Å². The number of nitriles is 1. The van der Waals surface area contributed by atoms with Gasteiger partial charge in [0.15, 0.2) is 0 Å². The van der Waals surface area contributed by atoms with Crippen LogP contribution in [0, 0.1) is 17.2 Å². The van der Waals surface area contributed by atoms with Gasteiger partial charge in [0.1, 0.15) is 0 Å². The zero-order valence-corrected chi connectivity index (χ0v) is 12.0. The predicted octanol–water partition coefficient (Wildman–Crippen LogP) is 3.15. The lowest BCUT2D eigenvalue weighted by molar-refractivity contribution is -0.130. The third-order valence-electron chi connectivity index (χ3n) is 2.96. The van der Waals surface area contributed by atoms with Gasteiger partial charge < -0.3 is 4.90 Å². The minimum Gasteiger partial charge on any atom is -0.341 e. The molecule has 19 heavy (non-hydrogen) atoms. The largest absolute Gasteiger partial charge is 0.341 e. The molecule has 0 aliphatic carbocycles. The molecular weight excluding hydrogens is 236 g/mol. The van der Waals surface area contributed by atoms with Crippen LogP contribution in [-0.2, 0) is 17.8 Å². The van der Waals surface area contributed by atoms with Crippen LogP contribution >= 0.6 is 0 Å². The molecule has 0 aliphatic rings. The number of carbonyl (C=O) groups is 1. The van der Waals surface area contributed by atoms with Crippen molar-refractivity contribution in [2.45, 2.75) is 39.7 Å². The molecule has 1 rings (SSSR count). The molecule has 1 amide bonds. The highest BCUT2D eigenvalue weighted by Gasteiger charge is 2.08. The number of amides is 1. The van der Waals surface area contributed by atoms with E-state index >= 15 is 0 Å². The van der Waals surface area contributed by atoms with Crippen LogP contribution in [0.4, 0.5) is 0 Å². The Kier molecular flexibility index (Phi) is 6.08. The van der Waals surface area contributed by atoms with E-state index in [1.54, 1.807) is 11.9 Å². The average molecular weight is 258 g/mol. The van der Waals surface area contributed by atoms with Crippen LogP contribution in [0.5, 0.6) is 0 Å². The van der Waals surface area contributed by atoms with Crippen LogP contribution in [0.1, 0.15) is 37.8 Å². The summed E-state index contributed by atoms with van der Waals surface area (Å²) in [5.74, 6) is 0.675. The van der Waals surface area contributed by atoms with Gasteiger partial charge in [0.05, 0.1) is 6.07 Å². The van der Waals surface area contributed by atoms with Crippen LogP contribution in [0.3, 0.4) is 0 Å². The van der Waals surface area contributed by atoms with Crippen molar-refractivity contribution in [3.8, 4) is 6.07 Å². The van der Waals surface area contributed by atoms with E-state index in [2.05, 4.69) is 38.1 Å². The van der Waals surface area contributed by atoms with Gasteiger partial charge in [0.25, 0.3) is 0 Å². The van der Waals surface area contributed by atoms with Crippen molar-refractivity contribution in [1.82, 2.24) is 4.90 Å². The quantitative estimate of drug-likeness (QED) is 0.786. The summed E-state index contributed by atoms with van der Waals surface area (Å²) in [7, 11) is 1.78. The Morgan fingerprint density at radius 3 is 2.37 bits per heavy atom. The third kappa shape index (κ3) is 5.56. The highest BCUT2D eigenvalue weighted by molar-refractivity contribution is 5.76. The number of hydrogen-bond acceptors (Lipinski definition) is 2. The summed E-state index contributed by atoms with van der Waals surface area (Å²) in [6.07, 6.45) is 1.67. The van der Waals surface area contributed by atoms with Gasteiger partial charge in [0.2, 0.25) is 5.91 Å². The van der Waals surface area contributed by atoms with E-state index in [9.17, 15) is 4.79 Å². The summed E-state index contributed by atoms with van der Waals surface area (Å²) in [5, 5.41) is 8.47. The van der Waals surface area contributed by atoms with Gasteiger partial charge >= 0.3 is 0 Å². The van der Waals surface area contributed by atoms with Crippen LogP contribution in [0.2, 0.25) is 0 Å². The molecular formula is C16H22N2O. The Morgan fingerprint density at radius 1 is 1.26 bits per heavy atom. The first-order chi connectivity index (χ1) is 9.02. The zero-order chi connectivity index (χ0) is 14.3. The van der Waals surface area contributed by atoms with Gasteiger partial charge in [0, 0.05) is 26.4 Å². The monoisotopic (exact) mass is 258 g/mol. The Hall–Kier alpha value is -1.82. The zero-order valence-electron chi connectivity index (χ0n) is 12.0. The van der Waals surface area contributed by atoms with Crippen molar-refractivity contribution in [3.63, 3.8) is 0 Å². The second kappa shape index (κ2) is 7.58. The maximum Gasteiger partial charge on any atom is 0.223 e.